The second-order valence-electron chi connectivity index (χ2n) is 3.96. The molecule has 0 bridgehead atoms. The van der Waals surface area contributed by atoms with Gasteiger partial charge in [0.2, 0.25) is 0 Å². The Balaban J connectivity index is 2.44. The SMILES string of the molecule is CCn1nc(C)c(CCNCCOC)c1C. The Morgan fingerprint density at radius 3 is 2.62 bits per heavy atom. The number of hydrogen-bond donors (Lipinski definition) is 1. The minimum atomic E-state index is 0.770. The van der Waals surface area contributed by atoms with Crippen LogP contribution in [0.1, 0.15) is 23.9 Å². The van der Waals surface area contributed by atoms with Crippen molar-refractivity contribution in [3.8, 4) is 0 Å². The summed E-state index contributed by atoms with van der Waals surface area (Å²) in [6.45, 7) is 9.98. The van der Waals surface area contributed by atoms with E-state index < -0.39 is 0 Å². The van der Waals surface area contributed by atoms with Crippen LogP contribution in [0.4, 0.5) is 0 Å². The molecule has 4 nitrogen and oxygen atoms in total. The van der Waals surface area contributed by atoms with Gasteiger partial charge in [-0.1, -0.05) is 0 Å². The Morgan fingerprint density at radius 2 is 2.06 bits per heavy atom. The Bertz CT molecular complexity index is 320. The van der Waals surface area contributed by atoms with Crippen molar-refractivity contribution in [1.29, 1.82) is 0 Å². The first-order valence-electron chi connectivity index (χ1n) is 5.93. The van der Waals surface area contributed by atoms with E-state index in [0.717, 1.165) is 38.4 Å². The molecule has 16 heavy (non-hydrogen) atoms. The van der Waals surface area contributed by atoms with Crippen molar-refractivity contribution in [2.75, 3.05) is 26.8 Å². The van der Waals surface area contributed by atoms with Gasteiger partial charge >= 0.3 is 0 Å². The average Bonchev–Trinajstić information content (AvgIpc) is 2.55. The third kappa shape index (κ3) is 3.32. The van der Waals surface area contributed by atoms with Crippen LogP contribution in [0.25, 0.3) is 0 Å². The molecule has 1 N–H and O–H groups in total. The number of nitrogens with one attached hydrogen (secondary N) is 1. The molecule has 0 aliphatic rings. The number of methoxy groups -OCH3 is 1. The summed E-state index contributed by atoms with van der Waals surface area (Å²) >= 11 is 0. The summed E-state index contributed by atoms with van der Waals surface area (Å²) in [7, 11) is 1.72. The van der Waals surface area contributed by atoms with Crippen molar-refractivity contribution < 1.29 is 4.74 Å². The van der Waals surface area contributed by atoms with Crippen molar-refractivity contribution in [2.45, 2.75) is 33.7 Å². The molecule has 0 amide bonds. The van der Waals surface area contributed by atoms with E-state index in [0.29, 0.717) is 0 Å². The fourth-order valence-corrected chi connectivity index (χ4v) is 1.92. The van der Waals surface area contributed by atoms with Crippen molar-refractivity contribution >= 4 is 0 Å². The molecule has 4 heteroatoms. The van der Waals surface area contributed by atoms with Gasteiger partial charge in [-0.25, -0.2) is 0 Å². The molecular formula is C12H23N3O. The van der Waals surface area contributed by atoms with E-state index in [2.05, 4.69) is 35.9 Å². The molecular weight excluding hydrogens is 202 g/mol. The third-order valence-electron chi connectivity index (χ3n) is 2.87. The molecule has 0 atom stereocenters. The Hall–Kier alpha value is -0.870. The predicted octanol–water partition coefficient (Wildman–Crippen LogP) is 1.30. The topological polar surface area (TPSA) is 39.1 Å². The Morgan fingerprint density at radius 1 is 1.31 bits per heavy atom. The average molecular weight is 225 g/mol. The van der Waals surface area contributed by atoms with Gasteiger partial charge in [0.15, 0.2) is 0 Å². The number of aromatic nitrogens is 2. The molecule has 0 radical (unpaired) electrons. The van der Waals surface area contributed by atoms with Gasteiger partial charge in [0, 0.05) is 25.9 Å². The molecule has 0 saturated carbocycles. The normalized spacial score (nSPS) is 11.0. The fourth-order valence-electron chi connectivity index (χ4n) is 1.92. The van der Waals surface area contributed by atoms with Crippen LogP contribution < -0.4 is 5.32 Å². The zero-order chi connectivity index (χ0) is 12.0. The van der Waals surface area contributed by atoms with Gasteiger partial charge in [-0.05, 0) is 39.3 Å². The van der Waals surface area contributed by atoms with Crippen LogP contribution in [0.5, 0.6) is 0 Å². The highest BCUT2D eigenvalue weighted by Gasteiger charge is 2.09. The number of hydrogen-bond acceptors (Lipinski definition) is 3. The molecule has 0 fully saturated rings. The molecule has 1 heterocycles. The highest BCUT2D eigenvalue weighted by atomic mass is 16.5. The summed E-state index contributed by atoms with van der Waals surface area (Å²) in [6, 6.07) is 0. The van der Waals surface area contributed by atoms with Crippen LogP contribution in [0.15, 0.2) is 0 Å². The van der Waals surface area contributed by atoms with E-state index in [-0.39, 0.29) is 0 Å². The van der Waals surface area contributed by atoms with Crippen molar-refractivity contribution in [3.05, 3.63) is 17.0 Å². The van der Waals surface area contributed by atoms with Crippen molar-refractivity contribution in [1.82, 2.24) is 15.1 Å². The first-order valence-corrected chi connectivity index (χ1v) is 5.93. The Kier molecular flexibility index (Phi) is 5.49. The lowest BCUT2D eigenvalue weighted by Crippen LogP contribution is -2.22. The van der Waals surface area contributed by atoms with Crippen LogP contribution in [0.3, 0.4) is 0 Å². The van der Waals surface area contributed by atoms with Crippen molar-refractivity contribution in [2.24, 2.45) is 0 Å². The zero-order valence-corrected chi connectivity index (χ0v) is 10.8. The van der Waals surface area contributed by atoms with E-state index in [1.807, 2.05) is 0 Å². The molecule has 0 aliphatic carbocycles. The van der Waals surface area contributed by atoms with Gasteiger partial charge in [0.05, 0.1) is 12.3 Å². The van der Waals surface area contributed by atoms with E-state index >= 15 is 0 Å². The van der Waals surface area contributed by atoms with Crippen LogP contribution >= 0.6 is 0 Å². The molecule has 0 aliphatic heterocycles. The number of ether oxygens (including phenoxy) is 1. The highest BCUT2D eigenvalue weighted by molar-refractivity contribution is 5.24. The van der Waals surface area contributed by atoms with Crippen LogP contribution in [-0.2, 0) is 17.7 Å². The summed E-state index contributed by atoms with van der Waals surface area (Å²) in [5.74, 6) is 0. The number of nitrogens with zero attached hydrogens (tertiary/aromatic N) is 2. The molecule has 0 unspecified atom stereocenters. The lowest BCUT2D eigenvalue weighted by atomic mass is 10.1. The minimum absolute atomic E-state index is 0.770. The molecule has 0 aromatic carbocycles. The number of rotatable bonds is 7. The zero-order valence-electron chi connectivity index (χ0n) is 10.8. The summed E-state index contributed by atoms with van der Waals surface area (Å²) in [4.78, 5) is 0. The van der Waals surface area contributed by atoms with Gasteiger partial charge in [-0.15, -0.1) is 0 Å². The van der Waals surface area contributed by atoms with Crippen LogP contribution in [0.2, 0.25) is 0 Å². The standard InChI is InChI=1S/C12H23N3O/c1-5-15-11(3)12(10(2)14-15)6-7-13-8-9-16-4/h13H,5-9H2,1-4H3. The second-order valence-corrected chi connectivity index (χ2v) is 3.96. The largest absolute Gasteiger partial charge is 0.383 e. The first-order chi connectivity index (χ1) is 7.70. The lowest BCUT2D eigenvalue weighted by molar-refractivity contribution is 0.199. The molecule has 0 spiro atoms. The summed E-state index contributed by atoms with van der Waals surface area (Å²) in [5.41, 5.74) is 3.84. The van der Waals surface area contributed by atoms with Crippen molar-refractivity contribution in [3.63, 3.8) is 0 Å². The monoisotopic (exact) mass is 225 g/mol. The quantitative estimate of drug-likeness (QED) is 0.711. The van der Waals surface area contributed by atoms with Gasteiger partial charge < -0.3 is 10.1 Å². The predicted molar refractivity (Wildman–Crippen MR) is 65.8 cm³/mol. The minimum Gasteiger partial charge on any atom is -0.383 e. The van der Waals surface area contributed by atoms with E-state index in [1.165, 1.54) is 11.3 Å². The molecule has 92 valence electrons. The third-order valence-corrected chi connectivity index (χ3v) is 2.87. The van der Waals surface area contributed by atoms with Gasteiger partial charge in [-0.3, -0.25) is 4.68 Å². The fraction of sp³-hybridized carbons (Fsp3) is 0.750. The maximum Gasteiger partial charge on any atom is 0.0628 e. The smallest absolute Gasteiger partial charge is 0.0628 e. The Labute approximate surface area is 98.0 Å². The highest BCUT2D eigenvalue weighted by Crippen LogP contribution is 2.12. The first kappa shape index (κ1) is 13.2. The maximum absolute atomic E-state index is 4.98. The van der Waals surface area contributed by atoms with E-state index in [4.69, 9.17) is 4.74 Å². The molecule has 0 saturated heterocycles. The van der Waals surface area contributed by atoms with Crippen LogP contribution in [-0.4, -0.2) is 36.6 Å². The summed E-state index contributed by atoms with van der Waals surface area (Å²) in [6.07, 6.45) is 1.04. The second kappa shape index (κ2) is 6.66. The summed E-state index contributed by atoms with van der Waals surface area (Å²) < 4.78 is 7.05. The number of aryl methyl sites for hydroxylation is 2. The summed E-state index contributed by atoms with van der Waals surface area (Å²) in [5, 5.41) is 7.86. The molecule has 1 rings (SSSR count). The van der Waals surface area contributed by atoms with Gasteiger partial charge in [-0.2, -0.15) is 5.10 Å². The van der Waals surface area contributed by atoms with Gasteiger partial charge in [0.1, 0.15) is 0 Å². The van der Waals surface area contributed by atoms with Gasteiger partial charge in [0.25, 0.3) is 0 Å². The van der Waals surface area contributed by atoms with E-state index in [9.17, 15) is 0 Å². The maximum atomic E-state index is 4.98. The van der Waals surface area contributed by atoms with Crippen LogP contribution in [0, 0.1) is 13.8 Å². The van der Waals surface area contributed by atoms with E-state index in [1.54, 1.807) is 7.11 Å². The molecule has 1 aromatic rings. The molecule has 1 aromatic heterocycles. The lowest BCUT2D eigenvalue weighted by Gasteiger charge is -2.05.